The van der Waals surface area contributed by atoms with Crippen LogP contribution in [0, 0.1) is 0 Å². The second-order valence-corrected chi connectivity index (χ2v) is 21.4. The lowest BCUT2D eigenvalue weighted by atomic mass is 10.0. The summed E-state index contributed by atoms with van der Waals surface area (Å²) in [5, 5.41) is 0. The van der Waals surface area contributed by atoms with Gasteiger partial charge in [-0.25, -0.2) is 4.57 Å². The number of ether oxygens (including phenoxy) is 2. The van der Waals surface area contributed by atoms with E-state index in [1.54, 1.807) is 0 Å². The summed E-state index contributed by atoms with van der Waals surface area (Å²) in [7, 11) is 1.43. The number of carbonyl (C=O) groups excluding carboxylic acids is 2. The molecule has 0 aliphatic heterocycles. The van der Waals surface area contributed by atoms with Crippen molar-refractivity contribution < 1.29 is 42.1 Å². The van der Waals surface area contributed by atoms with Crippen LogP contribution in [0.2, 0.25) is 0 Å². The molecule has 404 valence electrons. The van der Waals surface area contributed by atoms with Crippen LogP contribution < -0.4 is 0 Å². The van der Waals surface area contributed by atoms with E-state index in [2.05, 4.69) is 86.8 Å². The minimum atomic E-state index is -4.41. The highest BCUT2D eigenvalue weighted by Gasteiger charge is 2.27. The van der Waals surface area contributed by atoms with Crippen molar-refractivity contribution in [3.05, 3.63) is 85.1 Å². The second kappa shape index (κ2) is 51.1. The third kappa shape index (κ3) is 54.5. The summed E-state index contributed by atoms with van der Waals surface area (Å²) in [6.07, 6.45) is 68.2. The number of carbonyl (C=O) groups is 2. The molecule has 0 aliphatic rings. The molecule has 70 heavy (non-hydrogen) atoms. The molecule has 0 saturated heterocycles. The van der Waals surface area contributed by atoms with E-state index in [1.165, 1.54) is 141 Å². The number of phosphoric acid groups is 1. The van der Waals surface area contributed by atoms with Crippen LogP contribution in [-0.4, -0.2) is 74.9 Å². The molecular formula is C60H107NO8P+. The highest BCUT2D eigenvalue weighted by molar-refractivity contribution is 7.47. The minimum Gasteiger partial charge on any atom is -0.462 e. The quantitative estimate of drug-likeness (QED) is 0.0211. The molecule has 0 spiro atoms. The van der Waals surface area contributed by atoms with Gasteiger partial charge in [0.15, 0.2) is 6.10 Å². The number of phosphoric ester groups is 1. The Labute approximate surface area is 431 Å². The summed E-state index contributed by atoms with van der Waals surface area (Å²) in [5.74, 6) is -0.895. The average molecular weight is 1000 g/mol. The molecule has 0 bridgehead atoms. The van der Waals surface area contributed by atoms with Gasteiger partial charge in [0.25, 0.3) is 0 Å². The summed E-state index contributed by atoms with van der Waals surface area (Å²) >= 11 is 0. The number of esters is 2. The van der Waals surface area contributed by atoms with E-state index in [1.807, 2.05) is 33.3 Å². The molecule has 0 rings (SSSR count). The maximum atomic E-state index is 12.7. The molecule has 2 unspecified atom stereocenters. The van der Waals surface area contributed by atoms with Gasteiger partial charge in [-0.2, -0.15) is 0 Å². The third-order valence-electron chi connectivity index (χ3n) is 11.9. The number of quaternary nitrogens is 1. The highest BCUT2D eigenvalue weighted by Crippen LogP contribution is 2.43. The predicted molar refractivity (Wildman–Crippen MR) is 298 cm³/mol. The van der Waals surface area contributed by atoms with Crippen molar-refractivity contribution in [2.75, 3.05) is 47.5 Å². The lowest BCUT2D eigenvalue weighted by Gasteiger charge is -2.24. The van der Waals surface area contributed by atoms with Crippen LogP contribution in [0.25, 0.3) is 0 Å². The Balaban J connectivity index is 4.22. The summed E-state index contributed by atoms with van der Waals surface area (Å²) in [6.45, 7) is 4.24. The Bertz CT molecular complexity index is 1460. The second-order valence-electron chi connectivity index (χ2n) is 19.9. The van der Waals surface area contributed by atoms with E-state index in [-0.39, 0.29) is 32.0 Å². The van der Waals surface area contributed by atoms with Crippen LogP contribution in [0.1, 0.15) is 232 Å². The molecule has 0 aromatic heterocycles. The fourth-order valence-corrected chi connectivity index (χ4v) is 8.31. The van der Waals surface area contributed by atoms with Crippen LogP contribution in [0.15, 0.2) is 85.1 Å². The van der Waals surface area contributed by atoms with Gasteiger partial charge < -0.3 is 18.9 Å². The first-order chi connectivity index (χ1) is 34.0. The van der Waals surface area contributed by atoms with Gasteiger partial charge >= 0.3 is 19.8 Å². The Morgan fingerprint density at radius 2 is 0.843 bits per heavy atom. The van der Waals surface area contributed by atoms with Crippen molar-refractivity contribution in [3.8, 4) is 0 Å². The molecule has 0 aromatic rings. The number of likely N-dealkylation sites (N-methyl/N-ethyl adjacent to an activating group) is 1. The van der Waals surface area contributed by atoms with Crippen molar-refractivity contribution in [1.82, 2.24) is 0 Å². The fraction of sp³-hybridized carbons (Fsp3) is 0.733. The van der Waals surface area contributed by atoms with Crippen LogP contribution in [-0.2, 0) is 32.7 Å². The summed E-state index contributed by atoms with van der Waals surface area (Å²) in [5.41, 5.74) is 0. The van der Waals surface area contributed by atoms with Crippen LogP contribution in [0.5, 0.6) is 0 Å². The summed E-state index contributed by atoms with van der Waals surface area (Å²) in [4.78, 5) is 35.6. The molecule has 0 saturated carbocycles. The minimum absolute atomic E-state index is 0.0149. The normalized spacial score (nSPS) is 14.0. The number of rotatable bonds is 51. The van der Waals surface area contributed by atoms with E-state index in [0.717, 1.165) is 57.8 Å². The summed E-state index contributed by atoms with van der Waals surface area (Å²) in [6, 6.07) is 0. The maximum Gasteiger partial charge on any atom is 0.472 e. The van der Waals surface area contributed by atoms with Crippen molar-refractivity contribution in [2.24, 2.45) is 0 Å². The van der Waals surface area contributed by atoms with Gasteiger partial charge in [0, 0.05) is 12.8 Å². The molecule has 0 aliphatic carbocycles. The van der Waals surface area contributed by atoms with Crippen LogP contribution in [0.4, 0.5) is 0 Å². The van der Waals surface area contributed by atoms with Gasteiger partial charge in [0.2, 0.25) is 0 Å². The first kappa shape index (κ1) is 67.2. The van der Waals surface area contributed by atoms with Crippen LogP contribution >= 0.6 is 7.82 Å². The molecule has 0 aromatic carbocycles. The Kier molecular flexibility index (Phi) is 49.1. The molecular weight excluding hydrogens is 894 g/mol. The van der Waals surface area contributed by atoms with E-state index >= 15 is 0 Å². The Morgan fingerprint density at radius 3 is 1.27 bits per heavy atom. The van der Waals surface area contributed by atoms with Gasteiger partial charge in [-0.3, -0.25) is 18.6 Å². The van der Waals surface area contributed by atoms with Crippen molar-refractivity contribution >= 4 is 19.8 Å². The smallest absolute Gasteiger partial charge is 0.462 e. The number of hydrogen-bond donors (Lipinski definition) is 1. The zero-order valence-electron chi connectivity index (χ0n) is 45.7. The van der Waals surface area contributed by atoms with Crippen molar-refractivity contribution in [3.63, 3.8) is 0 Å². The highest BCUT2D eigenvalue weighted by atomic mass is 31.2. The van der Waals surface area contributed by atoms with Crippen molar-refractivity contribution in [2.45, 2.75) is 238 Å². The maximum absolute atomic E-state index is 12.7. The average Bonchev–Trinajstić information content (AvgIpc) is 3.32. The zero-order chi connectivity index (χ0) is 51.3. The number of nitrogens with zero attached hydrogens (tertiary/aromatic N) is 1. The monoisotopic (exact) mass is 1000 g/mol. The third-order valence-corrected chi connectivity index (χ3v) is 12.9. The van der Waals surface area contributed by atoms with E-state index in [9.17, 15) is 19.0 Å². The SMILES string of the molecule is CC/C=C\C/C=C\C/C=C\C/C=C\C/C=C\C/C=C\CCC(=O)OC(COC(=O)CCCCCCCCCCCCCCCCC/C=C\CCCCCCCCCC)COP(=O)(O)OCC[N+](C)(C)C. The first-order valence-corrected chi connectivity index (χ1v) is 29.8. The lowest BCUT2D eigenvalue weighted by Crippen LogP contribution is -2.37. The molecule has 9 nitrogen and oxygen atoms in total. The molecule has 0 fully saturated rings. The number of hydrogen-bond acceptors (Lipinski definition) is 7. The molecule has 0 heterocycles. The van der Waals surface area contributed by atoms with E-state index in [4.69, 9.17) is 18.5 Å². The van der Waals surface area contributed by atoms with Crippen molar-refractivity contribution in [1.29, 1.82) is 0 Å². The van der Waals surface area contributed by atoms with Gasteiger partial charge in [-0.15, -0.1) is 0 Å². The van der Waals surface area contributed by atoms with E-state index < -0.39 is 26.5 Å². The molecule has 0 radical (unpaired) electrons. The standard InChI is InChI=1S/C60H106NO8P/c1-6-8-10-12-14-16-18-20-22-24-26-27-28-29-30-31-32-33-35-36-38-40-42-44-46-48-50-52-59(62)66-56-58(57-68-70(64,65)67-55-54-61(3,4)5)69-60(63)53-51-49-47-45-43-41-39-37-34-25-23-21-19-17-15-13-11-9-7-2/h9,11,15,17,21,23-24,26,34,37,41,43,47,49,58H,6-8,10,12-14,16,18-20,22,25,27-33,35-36,38-40,42,44-46,48,50-57H2,1-5H3/p+1/b11-9-,17-15-,23-21-,26-24-,37-34-,43-41-,49-47-. The first-order valence-electron chi connectivity index (χ1n) is 28.3. The number of unbranched alkanes of at least 4 members (excludes halogenated alkanes) is 23. The molecule has 2 atom stereocenters. The molecule has 1 N–H and O–H groups in total. The van der Waals surface area contributed by atoms with Crippen LogP contribution in [0.3, 0.4) is 0 Å². The molecule has 10 heteroatoms. The van der Waals surface area contributed by atoms with Gasteiger partial charge in [0.05, 0.1) is 27.7 Å². The van der Waals surface area contributed by atoms with E-state index in [0.29, 0.717) is 17.4 Å². The fourth-order valence-electron chi connectivity index (χ4n) is 7.57. The Morgan fingerprint density at radius 1 is 0.457 bits per heavy atom. The summed E-state index contributed by atoms with van der Waals surface area (Å²) < 4.78 is 34.4. The molecule has 0 amide bonds. The Hall–Kier alpha value is -2.81. The zero-order valence-corrected chi connectivity index (χ0v) is 46.6. The topological polar surface area (TPSA) is 108 Å². The lowest BCUT2D eigenvalue weighted by molar-refractivity contribution is -0.870. The largest absolute Gasteiger partial charge is 0.472 e. The van der Waals surface area contributed by atoms with Gasteiger partial charge in [-0.05, 0) is 77.0 Å². The number of allylic oxidation sites excluding steroid dienone is 14. The van der Waals surface area contributed by atoms with Gasteiger partial charge in [-0.1, -0.05) is 227 Å². The van der Waals surface area contributed by atoms with Gasteiger partial charge in [0.1, 0.15) is 19.8 Å². The predicted octanol–water partition coefficient (Wildman–Crippen LogP) is 17.5.